The molecular formula is C12H18N2OS. The molecule has 0 unspecified atom stereocenters. The van der Waals surface area contributed by atoms with Gasteiger partial charge in [0.05, 0.1) is 0 Å². The number of carbonyl (C=O) groups excluding carboxylic acids is 1. The summed E-state index contributed by atoms with van der Waals surface area (Å²) in [6.07, 6.45) is 2.03. The molecule has 0 aliphatic heterocycles. The molecule has 0 aliphatic rings. The van der Waals surface area contributed by atoms with Crippen LogP contribution in [0.25, 0.3) is 0 Å². The Morgan fingerprint density at radius 2 is 2.12 bits per heavy atom. The second-order valence-corrected chi connectivity index (χ2v) is 4.84. The molecule has 0 bridgehead atoms. The van der Waals surface area contributed by atoms with Gasteiger partial charge in [-0.25, -0.2) is 0 Å². The van der Waals surface area contributed by atoms with E-state index in [0.29, 0.717) is 11.3 Å². The van der Waals surface area contributed by atoms with Crippen molar-refractivity contribution in [2.45, 2.75) is 6.92 Å². The van der Waals surface area contributed by atoms with Crippen LogP contribution in [-0.2, 0) is 0 Å². The zero-order chi connectivity index (χ0) is 12.1. The second-order valence-electron chi connectivity index (χ2n) is 3.85. The van der Waals surface area contributed by atoms with Crippen LogP contribution < -0.4 is 5.73 Å². The fraction of sp³-hybridized carbons (Fsp3) is 0.417. The highest BCUT2D eigenvalue weighted by Gasteiger charge is 2.11. The molecule has 2 N–H and O–H groups in total. The summed E-state index contributed by atoms with van der Waals surface area (Å²) in [5, 5.41) is 0. The Morgan fingerprint density at radius 3 is 2.69 bits per heavy atom. The van der Waals surface area contributed by atoms with E-state index in [2.05, 4.69) is 0 Å². The predicted molar refractivity (Wildman–Crippen MR) is 70.9 cm³/mol. The lowest BCUT2D eigenvalue weighted by Crippen LogP contribution is -2.29. The van der Waals surface area contributed by atoms with E-state index >= 15 is 0 Å². The van der Waals surface area contributed by atoms with Gasteiger partial charge in [-0.15, -0.1) is 0 Å². The van der Waals surface area contributed by atoms with Crippen LogP contribution in [0.4, 0.5) is 5.69 Å². The Kier molecular flexibility index (Phi) is 4.68. The number of amides is 1. The number of nitrogens with zero attached hydrogens (tertiary/aromatic N) is 1. The summed E-state index contributed by atoms with van der Waals surface area (Å²) in [4.78, 5) is 13.7. The highest BCUT2D eigenvalue weighted by atomic mass is 32.2. The Labute approximate surface area is 101 Å². The van der Waals surface area contributed by atoms with Gasteiger partial charge in [-0.1, -0.05) is 0 Å². The molecule has 0 saturated heterocycles. The first-order valence-corrected chi connectivity index (χ1v) is 6.55. The molecule has 0 saturated carbocycles. The Hall–Kier alpha value is -1.16. The molecule has 4 heteroatoms. The van der Waals surface area contributed by atoms with E-state index in [0.717, 1.165) is 17.9 Å². The van der Waals surface area contributed by atoms with Crippen molar-refractivity contribution >= 4 is 23.4 Å². The summed E-state index contributed by atoms with van der Waals surface area (Å²) in [5.41, 5.74) is 8.05. The average molecular weight is 238 g/mol. The van der Waals surface area contributed by atoms with Gasteiger partial charge >= 0.3 is 0 Å². The number of rotatable bonds is 4. The Morgan fingerprint density at radius 1 is 1.44 bits per heavy atom. The first kappa shape index (κ1) is 12.9. The molecule has 1 amide bonds. The number of anilines is 1. The number of carbonyl (C=O) groups is 1. The monoisotopic (exact) mass is 238 g/mol. The summed E-state index contributed by atoms with van der Waals surface area (Å²) in [7, 11) is 1.82. The van der Waals surface area contributed by atoms with Gasteiger partial charge in [-0.05, 0) is 36.9 Å². The van der Waals surface area contributed by atoms with Gasteiger partial charge in [-0.2, -0.15) is 11.8 Å². The summed E-state index contributed by atoms with van der Waals surface area (Å²) in [6, 6.07) is 5.46. The minimum absolute atomic E-state index is 0.0319. The lowest BCUT2D eigenvalue weighted by Gasteiger charge is -2.17. The van der Waals surface area contributed by atoms with Crippen LogP contribution >= 0.6 is 11.8 Å². The maximum atomic E-state index is 12.0. The summed E-state index contributed by atoms with van der Waals surface area (Å²) in [6.45, 7) is 2.70. The van der Waals surface area contributed by atoms with Crippen molar-refractivity contribution in [3.63, 3.8) is 0 Å². The number of thioether (sulfide) groups is 1. The van der Waals surface area contributed by atoms with Gasteiger partial charge < -0.3 is 10.6 Å². The maximum absolute atomic E-state index is 12.0. The topological polar surface area (TPSA) is 46.3 Å². The van der Waals surface area contributed by atoms with Crippen LogP contribution in [0.1, 0.15) is 15.9 Å². The summed E-state index contributed by atoms with van der Waals surface area (Å²) in [5.74, 6) is 0.980. The number of nitrogens with two attached hydrogens (primary N) is 1. The summed E-state index contributed by atoms with van der Waals surface area (Å²) < 4.78 is 0. The molecule has 16 heavy (non-hydrogen) atoms. The normalized spacial score (nSPS) is 10.2. The van der Waals surface area contributed by atoms with E-state index in [-0.39, 0.29) is 5.91 Å². The third-order valence-corrected chi connectivity index (χ3v) is 2.91. The first-order chi connectivity index (χ1) is 7.54. The molecule has 1 aromatic rings. The second kappa shape index (κ2) is 5.80. The van der Waals surface area contributed by atoms with E-state index < -0.39 is 0 Å². The fourth-order valence-electron chi connectivity index (χ4n) is 1.49. The lowest BCUT2D eigenvalue weighted by atomic mass is 10.1. The Balaban J connectivity index is 2.79. The minimum Gasteiger partial charge on any atom is -0.399 e. The smallest absolute Gasteiger partial charge is 0.253 e. The van der Waals surface area contributed by atoms with Crippen LogP contribution in [0, 0.1) is 6.92 Å². The molecule has 0 atom stereocenters. The van der Waals surface area contributed by atoms with Gasteiger partial charge in [0.1, 0.15) is 0 Å². The van der Waals surface area contributed by atoms with Crippen molar-refractivity contribution in [1.82, 2.24) is 4.90 Å². The standard InChI is InChI=1S/C12H18N2OS/c1-9-6-10(8-11(13)7-9)12(15)14(2)4-5-16-3/h6-8H,4-5,13H2,1-3H3. The highest BCUT2D eigenvalue weighted by molar-refractivity contribution is 7.98. The van der Waals surface area contributed by atoms with E-state index in [1.165, 1.54) is 0 Å². The van der Waals surface area contributed by atoms with E-state index in [4.69, 9.17) is 5.73 Å². The summed E-state index contributed by atoms with van der Waals surface area (Å²) >= 11 is 1.73. The maximum Gasteiger partial charge on any atom is 0.253 e. The van der Waals surface area contributed by atoms with E-state index in [1.807, 2.05) is 32.4 Å². The number of hydrogen-bond donors (Lipinski definition) is 1. The molecular weight excluding hydrogens is 220 g/mol. The van der Waals surface area contributed by atoms with Crippen molar-refractivity contribution in [3.8, 4) is 0 Å². The largest absolute Gasteiger partial charge is 0.399 e. The molecule has 3 nitrogen and oxygen atoms in total. The first-order valence-electron chi connectivity index (χ1n) is 5.16. The molecule has 0 aliphatic carbocycles. The number of hydrogen-bond acceptors (Lipinski definition) is 3. The lowest BCUT2D eigenvalue weighted by molar-refractivity contribution is 0.0803. The highest BCUT2D eigenvalue weighted by Crippen LogP contribution is 2.13. The predicted octanol–water partition coefficient (Wildman–Crippen LogP) is 2.01. The van der Waals surface area contributed by atoms with Gasteiger partial charge in [0.25, 0.3) is 5.91 Å². The van der Waals surface area contributed by atoms with E-state index in [1.54, 1.807) is 22.7 Å². The van der Waals surface area contributed by atoms with Crippen LogP contribution in [0.3, 0.4) is 0 Å². The molecule has 0 fully saturated rings. The van der Waals surface area contributed by atoms with Crippen LogP contribution in [0.5, 0.6) is 0 Å². The SMILES string of the molecule is CSCCN(C)C(=O)c1cc(C)cc(N)c1. The molecule has 0 spiro atoms. The molecule has 0 heterocycles. The van der Waals surface area contributed by atoms with Crippen molar-refractivity contribution in [2.75, 3.05) is 31.3 Å². The number of aryl methyl sites for hydroxylation is 1. The van der Waals surface area contributed by atoms with Crippen molar-refractivity contribution in [1.29, 1.82) is 0 Å². The quantitative estimate of drug-likeness (QED) is 0.816. The van der Waals surface area contributed by atoms with Gasteiger partial charge in [0.2, 0.25) is 0 Å². The zero-order valence-electron chi connectivity index (χ0n) is 9.99. The van der Waals surface area contributed by atoms with Crippen LogP contribution in [-0.4, -0.2) is 36.4 Å². The van der Waals surface area contributed by atoms with Crippen molar-refractivity contribution in [3.05, 3.63) is 29.3 Å². The molecule has 1 rings (SSSR count). The van der Waals surface area contributed by atoms with Crippen LogP contribution in [0.15, 0.2) is 18.2 Å². The number of benzene rings is 1. The Bertz CT molecular complexity index is 359. The van der Waals surface area contributed by atoms with Crippen molar-refractivity contribution < 1.29 is 4.79 Å². The third-order valence-electron chi connectivity index (χ3n) is 2.32. The van der Waals surface area contributed by atoms with Gasteiger partial charge in [0, 0.05) is 30.6 Å². The van der Waals surface area contributed by atoms with Crippen molar-refractivity contribution in [2.24, 2.45) is 0 Å². The fourth-order valence-corrected chi connectivity index (χ4v) is 1.94. The molecule has 0 aromatic heterocycles. The number of nitrogen functional groups attached to an aromatic ring is 1. The van der Waals surface area contributed by atoms with Crippen LogP contribution in [0.2, 0.25) is 0 Å². The minimum atomic E-state index is 0.0319. The van der Waals surface area contributed by atoms with E-state index in [9.17, 15) is 4.79 Å². The zero-order valence-corrected chi connectivity index (χ0v) is 10.8. The average Bonchev–Trinajstić information content (AvgIpc) is 2.23. The molecule has 1 aromatic carbocycles. The molecule has 0 radical (unpaired) electrons. The third kappa shape index (κ3) is 3.45. The molecule has 88 valence electrons. The van der Waals surface area contributed by atoms with Gasteiger partial charge in [0.15, 0.2) is 0 Å². The van der Waals surface area contributed by atoms with Gasteiger partial charge in [-0.3, -0.25) is 4.79 Å².